The molecule has 2 aromatic carbocycles. The van der Waals surface area contributed by atoms with Gasteiger partial charge in [-0.3, -0.25) is 4.79 Å². The number of thioether (sulfide) groups is 1. The first-order valence-corrected chi connectivity index (χ1v) is 7.75. The molecule has 1 amide bonds. The summed E-state index contributed by atoms with van der Waals surface area (Å²) in [6.45, 7) is 2.21. The second kappa shape index (κ2) is 7.48. The van der Waals surface area contributed by atoms with Gasteiger partial charge in [0.25, 0.3) is 0 Å². The van der Waals surface area contributed by atoms with E-state index in [1.807, 2.05) is 25.1 Å². The molecule has 0 radical (unpaired) electrons. The van der Waals surface area contributed by atoms with Gasteiger partial charge in [-0.2, -0.15) is 0 Å². The third-order valence-electron chi connectivity index (χ3n) is 2.91. The van der Waals surface area contributed by atoms with Crippen LogP contribution >= 0.6 is 23.4 Å². The van der Waals surface area contributed by atoms with Crippen LogP contribution in [0.3, 0.4) is 0 Å². The van der Waals surface area contributed by atoms with Gasteiger partial charge in [0.1, 0.15) is 5.82 Å². The number of hydrogen-bond donors (Lipinski definition) is 1. The molecule has 0 bridgehead atoms. The first kappa shape index (κ1) is 15.9. The first-order chi connectivity index (χ1) is 10.1. The Labute approximate surface area is 132 Å². The Hall–Kier alpha value is -1.52. The first-order valence-electron chi connectivity index (χ1n) is 6.49. The van der Waals surface area contributed by atoms with E-state index in [0.717, 1.165) is 10.5 Å². The van der Waals surface area contributed by atoms with Gasteiger partial charge in [-0.25, -0.2) is 4.39 Å². The number of halogens is 2. The molecule has 0 fully saturated rings. The van der Waals surface area contributed by atoms with Crippen molar-refractivity contribution in [1.82, 2.24) is 5.32 Å². The summed E-state index contributed by atoms with van der Waals surface area (Å²) in [7, 11) is 0. The number of amides is 1. The van der Waals surface area contributed by atoms with Gasteiger partial charge in [0, 0.05) is 16.5 Å². The van der Waals surface area contributed by atoms with Gasteiger partial charge < -0.3 is 5.32 Å². The highest BCUT2D eigenvalue weighted by Crippen LogP contribution is 2.23. The van der Waals surface area contributed by atoms with E-state index in [0.29, 0.717) is 11.6 Å². The Kier molecular flexibility index (Phi) is 5.65. The van der Waals surface area contributed by atoms with Gasteiger partial charge in [0.2, 0.25) is 5.91 Å². The highest BCUT2D eigenvalue weighted by Gasteiger charge is 2.14. The molecule has 2 nitrogen and oxygen atoms in total. The fourth-order valence-electron chi connectivity index (χ4n) is 1.74. The Morgan fingerprint density at radius 1 is 1.24 bits per heavy atom. The van der Waals surface area contributed by atoms with Crippen molar-refractivity contribution in [2.75, 3.05) is 0 Å². The van der Waals surface area contributed by atoms with E-state index < -0.39 is 0 Å². The lowest BCUT2D eigenvalue weighted by Crippen LogP contribution is -2.30. The highest BCUT2D eigenvalue weighted by atomic mass is 35.5. The molecule has 0 aromatic heterocycles. The Bertz CT molecular complexity index is 618. The predicted octanol–water partition coefficient (Wildman–Crippen LogP) is 4.28. The summed E-state index contributed by atoms with van der Waals surface area (Å²) in [4.78, 5) is 12.9. The molecule has 0 heterocycles. The minimum atomic E-state index is -0.282. The summed E-state index contributed by atoms with van der Waals surface area (Å²) in [5.74, 6) is -0.362. The van der Waals surface area contributed by atoms with Crippen molar-refractivity contribution < 1.29 is 9.18 Å². The second-order valence-electron chi connectivity index (χ2n) is 4.52. The number of carbonyl (C=O) groups excluding carboxylic acids is 1. The molecule has 0 unspecified atom stereocenters. The number of nitrogens with one attached hydrogen (secondary N) is 1. The van der Waals surface area contributed by atoms with Crippen LogP contribution in [0.5, 0.6) is 0 Å². The number of hydrogen-bond acceptors (Lipinski definition) is 2. The van der Waals surface area contributed by atoms with Gasteiger partial charge in [0.15, 0.2) is 0 Å². The third kappa shape index (κ3) is 4.76. The van der Waals surface area contributed by atoms with Crippen molar-refractivity contribution in [3.63, 3.8) is 0 Å². The molecule has 0 aliphatic heterocycles. The molecule has 1 atom stereocenters. The summed E-state index contributed by atoms with van der Waals surface area (Å²) in [5, 5.41) is 3.22. The van der Waals surface area contributed by atoms with Crippen molar-refractivity contribution in [3.8, 4) is 0 Å². The van der Waals surface area contributed by atoms with Crippen LogP contribution in [-0.4, -0.2) is 11.2 Å². The van der Waals surface area contributed by atoms with Crippen molar-refractivity contribution in [2.45, 2.75) is 23.6 Å². The standard InChI is InChI=1S/C16H15ClFNOS/c1-11(21-14-8-6-13(18)7-9-14)16(20)19-10-12-4-2-3-5-15(12)17/h2-9,11H,10H2,1H3,(H,19,20)/t11-/m0/s1. The normalized spacial score (nSPS) is 12.0. The minimum Gasteiger partial charge on any atom is -0.351 e. The van der Waals surface area contributed by atoms with E-state index in [4.69, 9.17) is 11.6 Å². The van der Waals surface area contributed by atoms with E-state index in [1.165, 1.54) is 23.9 Å². The summed E-state index contributed by atoms with van der Waals surface area (Å²) in [6.07, 6.45) is 0. The maximum atomic E-state index is 12.8. The van der Waals surface area contributed by atoms with E-state index in [1.54, 1.807) is 18.2 Å². The SMILES string of the molecule is C[C@H](Sc1ccc(F)cc1)C(=O)NCc1ccccc1Cl. The largest absolute Gasteiger partial charge is 0.351 e. The zero-order valence-electron chi connectivity index (χ0n) is 11.5. The lowest BCUT2D eigenvalue weighted by molar-refractivity contribution is -0.120. The van der Waals surface area contributed by atoms with Crippen molar-refractivity contribution in [1.29, 1.82) is 0 Å². The molecule has 5 heteroatoms. The molecule has 2 aromatic rings. The van der Waals surface area contributed by atoms with Crippen LogP contribution < -0.4 is 5.32 Å². The van der Waals surface area contributed by atoms with E-state index in [-0.39, 0.29) is 17.0 Å². The molecular weight excluding hydrogens is 309 g/mol. The molecule has 1 N–H and O–H groups in total. The van der Waals surface area contributed by atoms with Crippen LogP contribution in [0.2, 0.25) is 5.02 Å². The zero-order chi connectivity index (χ0) is 15.2. The summed E-state index contributed by atoms with van der Waals surface area (Å²) < 4.78 is 12.8. The van der Waals surface area contributed by atoms with Gasteiger partial charge in [-0.15, -0.1) is 11.8 Å². The van der Waals surface area contributed by atoms with Crippen LogP contribution in [0.25, 0.3) is 0 Å². The average molecular weight is 324 g/mol. The van der Waals surface area contributed by atoms with E-state index in [2.05, 4.69) is 5.32 Å². The molecule has 0 aliphatic carbocycles. The molecule has 21 heavy (non-hydrogen) atoms. The number of benzene rings is 2. The van der Waals surface area contributed by atoms with Gasteiger partial charge in [0.05, 0.1) is 5.25 Å². The third-order valence-corrected chi connectivity index (χ3v) is 4.39. The minimum absolute atomic E-state index is 0.0794. The average Bonchev–Trinajstić information content (AvgIpc) is 2.48. The lowest BCUT2D eigenvalue weighted by atomic mass is 10.2. The monoisotopic (exact) mass is 323 g/mol. The van der Waals surface area contributed by atoms with Crippen LogP contribution in [0.4, 0.5) is 4.39 Å². The molecule has 0 saturated heterocycles. The molecule has 0 spiro atoms. The lowest BCUT2D eigenvalue weighted by Gasteiger charge is -2.12. The van der Waals surface area contributed by atoms with Gasteiger partial charge in [-0.05, 0) is 42.8 Å². The van der Waals surface area contributed by atoms with Gasteiger partial charge in [-0.1, -0.05) is 29.8 Å². The Balaban J connectivity index is 1.88. The van der Waals surface area contributed by atoms with E-state index >= 15 is 0 Å². The fraction of sp³-hybridized carbons (Fsp3) is 0.188. The molecule has 110 valence electrons. The Morgan fingerprint density at radius 3 is 2.57 bits per heavy atom. The van der Waals surface area contributed by atoms with Crippen LogP contribution in [-0.2, 0) is 11.3 Å². The predicted molar refractivity (Wildman–Crippen MR) is 85.0 cm³/mol. The summed E-state index contributed by atoms with van der Waals surface area (Å²) >= 11 is 7.43. The van der Waals surface area contributed by atoms with Crippen LogP contribution in [0.1, 0.15) is 12.5 Å². The topological polar surface area (TPSA) is 29.1 Å². The summed E-state index contributed by atoms with van der Waals surface area (Å²) in [6, 6.07) is 13.5. The van der Waals surface area contributed by atoms with Crippen molar-refractivity contribution >= 4 is 29.3 Å². The fourth-order valence-corrected chi connectivity index (χ4v) is 2.83. The van der Waals surface area contributed by atoms with Crippen LogP contribution in [0, 0.1) is 5.82 Å². The quantitative estimate of drug-likeness (QED) is 0.832. The highest BCUT2D eigenvalue weighted by molar-refractivity contribution is 8.00. The van der Waals surface area contributed by atoms with E-state index in [9.17, 15) is 9.18 Å². The number of rotatable bonds is 5. The maximum Gasteiger partial charge on any atom is 0.233 e. The van der Waals surface area contributed by atoms with Gasteiger partial charge >= 0.3 is 0 Å². The zero-order valence-corrected chi connectivity index (χ0v) is 13.0. The maximum absolute atomic E-state index is 12.8. The molecule has 2 rings (SSSR count). The number of carbonyl (C=O) groups is 1. The van der Waals surface area contributed by atoms with Crippen molar-refractivity contribution in [2.24, 2.45) is 0 Å². The Morgan fingerprint density at radius 2 is 1.90 bits per heavy atom. The van der Waals surface area contributed by atoms with Crippen molar-refractivity contribution in [3.05, 3.63) is 64.9 Å². The molecule has 0 aliphatic rings. The molecular formula is C16H15ClFNOS. The smallest absolute Gasteiger partial charge is 0.233 e. The summed E-state index contributed by atoms with van der Waals surface area (Å²) in [5.41, 5.74) is 0.881. The molecule has 0 saturated carbocycles. The second-order valence-corrected chi connectivity index (χ2v) is 6.34. The van der Waals surface area contributed by atoms with Crippen LogP contribution in [0.15, 0.2) is 53.4 Å².